The lowest BCUT2D eigenvalue weighted by Crippen LogP contribution is -1.97. The van der Waals surface area contributed by atoms with Gasteiger partial charge in [0.25, 0.3) is 0 Å². The number of hydrogen-bond acceptors (Lipinski definition) is 4. The van der Waals surface area contributed by atoms with E-state index in [1.807, 2.05) is 0 Å². The number of aromatic nitrogens is 3. The highest BCUT2D eigenvalue weighted by Crippen LogP contribution is 2.13. The first-order chi connectivity index (χ1) is 5.18. The molecule has 0 fully saturated rings. The van der Waals surface area contributed by atoms with Crippen LogP contribution in [0.2, 0.25) is 0 Å². The minimum Gasteiger partial charge on any atom is -0.481 e. The Bertz CT molecular complexity index is 264. The molecule has 0 aliphatic rings. The van der Waals surface area contributed by atoms with E-state index in [4.69, 9.17) is 5.11 Å². The molecule has 0 bridgehead atoms. The lowest BCUT2D eigenvalue weighted by atomic mass is 10.8. The number of hydrogen-bond donors (Lipinski definition) is 2. The summed E-state index contributed by atoms with van der Waals surface area (Å²) in [6, 6.07) is 0. The third-order valence-corrected chi connectivity index (χ3v) is 1.95. The van der Waals surface area contributed by atoms with Crippen LogP contribution in [0.4, 0.5) is 0 Å². The molecule has 1 rings (SSSR count). The minimum atomic E-state index is -0.879. The van der Waals surface area contributed by atoms with Gasteiger partial charge in [0.1, 0.15) is 0 Å². The topological polar surface area (TPSA) is 78.9 Å². The van der Waals surface area contributed by atoms with E-state index in [1.165, 1.54) is 0 Å². The summed E-state index contributed by atoms with van der Waals surface area (Å²) in [6.45, 7) is 0. The van der Waals surface area contributed by atoms with Gasteiger partial charge in [-0.05, 0) is 15.9 Å². The van der Waals surface area contributed by atoms with E-state index in [1.54, 1.807) is 0 Å². The Hall–Kier alpha value is -0.560. The number of nitrogens with one attached hydrogen (secondary N) is 1. The maximum Gasteiger partial charge on any atom is 0.313 e. The Morgan fingerprint density at radius 1 is 1.82 bits per heavy atom. The predicted octanol–water partition coefficient (Wildman–Crippen LogP) is 0.744. The van der Waals surface area contributed by atoms with Crippen LogP contribution in [0.3, 0.4) is 0 Å². The number of carboxylic acids is 1. The monoisotopic (exact) mass is 237 g/mol. The van der Waals surface area contributed by atoms with Crippen LogP contribution in [0, 0.1) is 0 Å². The van der Waals surface area contributed by atoms with Gasteiger partial charge in [-0.1, -0.05) is 11.8 Å². The second-order valence-corrected chi connectivity index (χ2v) is 3.28. The normalized spacial score (nSPS) is 9.91. The van der Waals surface area contributed by atoms with Gasteiger partial charge in [0.05, 0.1) is 5.75 Å². The van der Waals surface area contributed by atoms with E-state index < -0.39 is 5.97 Å². The molecule has 0 unspecified atom stereocenters. The van der Waals surface area contributed by atoms with Gasteiger partial charge in [-0.25, -0.2) is 0 Å². The van der Waals surface area contributed by atoms with Gasteiger partial charge in [0.2, 0.25) is 5.16 Å². The van der Waals surface area contributed by atoms with E-state index in [2.05, 4.69) is 31.1 Å². The molecule has 0 aromatic carbocycles. The third-order valence-electron chi connectivity index (χ3n) is 0.762. The minimum absolute atomic E-state index is 0.0235. The predicted molar refractivity (Wildman–Crippen MR) is 42.4 cm³/mol. The molecular formula is C4H4BrN3O2S. The first-order valence-electron chi connectivity index (χ1n) is 2.61. The Morgan fingerprint density at radius 3 is 3.00 bits per heavy atom. The van der Waals surface area contributed by atoms with Gasteiger partial charge in [0, 0.05) is 0 Å². The third kappa shape index (κ3) is 2.89. The summed E-state index contributed by atoms with van der Waals surface area (Å²) in [6.07, 6.45) is 0. The number of aromatic amines is 1. The van der Waals surface area contributed by atoms with Crippen molar-refractivity contribution in [1.29, 1.82) is 0 Å². The van der Waals surface area contributed by atoms with E-state index in [0.29, 0.717) is 9.89 Å². The molecule has 1 aromatic heterocycles. The maximum absolute atomic E-state index is 10.1. The Balaban J connectivity index is 2.45. The summed E-state index contributed by atoms with van der Waals surface area (Å²) < 4.78 is 0.505. The molecule has 2 N–H and O–H groups in total. The van der Waals surface area contributed by atoms with Crippen molar-refractivity contribution < 1.29 is 9.90 Å². The standard InChI is InChI=1S/C4H4BrN3O2S/c5-3-6-4(8-7-3)11-1-2(9)10/h1H2,(H,9,10)(H,6,7,8). The molecule has 0 radical (unpaired) electrons. The summed E-state index contributed by atoms with van der Waals surface area (Å²) in [5, 5.41) is 15.0. The summed E-state index contributed by atoms with van der Waals surface area (Å²) in [5.74, 6) is -0.902. The zero-order valence-electron chi connectivity index (χ0n) is 5.24. The molecule has 0 spiro atoms. The van der Waals surface area contributed by atoms with Gasteiger partial charge in [-0.3, -0.25) is 9.89 Å². The average molecular weight is 238 g/mol. The first kappa shape index (κ1) is 8.54. The van der Waals surface area contributed by atoms with Gasteiger partial charge >= 0.3 is 5.97 Å². The molecule has 11 heavy (non-hydrogen) atoms. The van der Waals surface area contributed by atoms with Crippen LogP contribution in [-0.4, -0.2) is 32.0 Å². The highest BCUT2D eigenvalue weighted by atomic mass is 79.9. The molecule has 0 aliphatic heterocycles. The summed E-state index contributed by atoms with van der Waals surface area (Å²) in [5.41, 5.74) is 0. The smallest absolute Gasteiger partial charge is 0.313 e. The number of carbonyl (C=O) groups is 1. The number of H-pyrrole nitrogens is 1. The molecule has 0 saturated heterocycles. The molecule has 60 valence electrons. The molecule has 1 aromatic rings. The van der Waals surface area contributed by atoms with Crippen molar-refractivity contribution in [3.8, 4) is 0 Å². The van der Waals surface area contributed by atoms with Crippen molar-refractivity contribution in [1.82, 2.24) is 15.2 Å². The van der Waals surface area contributed by atoms with Crippen molar-refractivity contribution in [2.45, 2.75) is 5.16 Å². The lowest BCUT2D eigenvalue weighted by Gasteiger charge is -1.87. The van der Waals surface area contributed by atoms with Crippen LogP contribution in [0.5, 0.6) is 0 Å². The number of aliphatic carboxylic acids is 1. The number of thioether (sulfide) groups is 1. The van der Waals surface area contributed by atoms with E-state index in [9.17, 15) is 4.79 Å². The lowest BCUT2D eigenvalue weighted by molar-refractivity contribution is -0.133. The average Bonchev–Trinajstić information content (AvgIpc) is 2.31. The number of halogens is 1. The summed E-state index contributed by atoms with van der Waals surface area (Å²) in [7, 11) is 0. The molecule has 5 nitrogen and oxygen atoms in total. The molecule has 0 aliphatic carbocycles. The SMILES string of the molecule is O=C(O)CSc1n[nH]c(Br)n1. The second kappa shape index (κ2) is 3.72. The number of carboxylic acid groups (broad SMARTS) is 1. The summed E-state index contributed by atoms with van der Waals surface area (Å²) >= 11 is 4.12. The van der Waals surface area contributed by atoms with Gasteiger partial charge < -0.3 is 5.11 Å². The Kier molecular flexibility index (Phi) is 2.89. The van der Waals surface area contributed by atoms with Crippen molar-refractivity contribution in [3.63, 3.8) is 0 Å². The molecule has 7 heteroatoms. The van der Waals surface area contributed by atoms with Crippen molar-refractivity contribution in [2.24, 2.45) is 0 Å². The number of nitrogens with zero attached hydrogens (tertiary/aromatic N) is 2. The van der Waals surface area contributed by atoms with Gasteiger partial charge in [0.15, 0.2) is 4.73 Å². The first-order valence-corrected chi connectivity index (χ1v) is 4.39. The Morgan fingerprint density at radius 2 is 2.55 bits per heavy atom. The van der Waals surface area contributed by atoms with Crippen LogP contribution >= 0.6 is 27.7 Å². The maximum atomic E-state index is 10.1. The Labute approximate surface area is 74.7 Å². The van der Waals surface area contributed by atoms with Crippen LogP contribution in [0.1, 0.15) is 0 Å². The van der Waals surface area contributed by atoms with Crippen molar-refractivity contribution in [2.75, 3.05) is 5.75 Å². The number of rotatable bonds is 3. The van der Waals surface area contributed by atoms with Crippen molar-refractivity contribution >= 4 is 33.7 Å². The molecule has 1 heterocycles. The van der Waals surface area contributed by atoms with Gasteiger partial charge in [-0.2, -0.15) is 4.98 Å². The van der Waals surface area contributed by atoms with E-state index >= 15 is 0 Å². The highest BCUT2D eigenvalue weighted by molar-refractivity contribution is 9.10. The zero-order chi connectivity index (χ0) is 8.27. The van der Waals surface area contributed by atoms with E-state index in [-0.39, 0.29) is 5.75 Å². The molecular weight excluding hydrogens is 234 g/mol. The van der Waals surface area contributed by atoms with Gasteiger partial charge in [-0.15, -0.1) is 5.10 Å². The largest absolute Gasteiger partial charge is 0.481 e. The van der Waals surface area contributed by atoms with Crippen LogP contribution in [-0.2, 0) is 4.79 Å². The fourth-order valence-corrected chi connectivity index (χ4v) is 1.31. The quantitative estimate of drug-likeness (QED) is 0.759. The van der Waals surface area contributed by atoms with Crippen LogP contribution < -0.4 is 0 Å². The van der Waals surface area contributed by atoms with Crippen LogP contribution in [0.15, 0.2) is 9.89 Å². The van der Waals surface area contributed by atoms with E-state index in [0.717, 1.165) is 11.8 Å². The van der Waals surface area contributed by atoms with Crippen LogP contribution in [0.25, 0.3) is 0 Å². The van der Waals surface area contributed by atoms with Crippen molar-refractivity contribution in [3.05, 3.63) is 4.73 Å². The molecule has 0 saturated carbocycles. The summed E-state index contributed by atoms with van der Waals surface area (Å²) in [4.78, 5) is 13.9. The fraction of sp³-hybridized carbons (Fsp3) is 0.250. The second-order valence-electron chi connectivity index (χ2n) is 1.59. The zero-order valence-corrected chi connectivity index (χ0v) is 7.65. The molecule has 0 atom stereocenters. The highest BCUT2D eigenvalue weighted by Gasteiger charge is 2.03. The molecule has 0 amide bonds. The fourth-order valence-electron chi connectivity index (χ4n) is 0.419.